The van der Waals surface area contributed by atoms with Crippen molar-refractivity contribution in [3.63, 3.8) is 0 Å². The van der Waals surface area contributed by atoms with Gasteiger partial charge in [-0.25, -0.2) is 15.8 Å². The molecular formula is C13H22N6O. The Bertz CT molecular complexity index is 468. The lowest BCUT2D eigenvalue weighted by Gasteiger charge is -2.32. The molecule has 20 heavy (non-hydrogen) atoms. The average Bonchev–Trinajstić information content (AvgIpc) is 2.90. The van der Waals surface area contributed by atoms with Crippen molar-refractivity contribution in [2.45, 2.75) is 37.8 Å². The number of hydrogen-bond acceptors (Lipinski definition) is 7. The van der Waals surface area contributed by atoms with Crippen LogP contribution in [0.5, 0.6) is 5.75 Å². The fourth-order valence-corrected chi connectivity index (χ4v) is 3.36. The second kappa shape index (κ2) is 5.80. The first kappa shape index (κ1) is 13.4. The smallest absolute Gasteiger partial charge is 0.205 e. The first-order valence-electron chi connectivity index (χ1n) is 7.19. The number of nitrogens with two attached hydrogens (primary N) is 1. The molecule has 0 saturated carbocycles. The van der Waals surface area contributed by atoms with Crippen LogP contribution in [0.2, 0.25) is 0 Å². The van der Waals surface area contributed by atoms with Crippen molar-refractivity contribution in [2.75, 3.05) is 30.9 Å². The normalized spacial score (nSPS) is 26.1. The Hall–Kier alpha value is -1.60. The second-order valence-corrected chi connectivity index (χ2v) is 5.39. The SMILES string of the molecule is COc1c(NN)ncnc1NC1CCN2CCCCC12. The van der Waals surface area contributed by atoms with Crippen molar-refractivity contribution in [3.8, 4) is 5.75 Å². The quantitative estimate of drug-likeness (QED) is 0.555. The Morgan fingerprint density at radius 2 is 2.10 bits per heavy atom. The zero-order valence-corrected chi connectivity index (χ0v) is 11.8. The number of nitrogens with one attached hydrogen (secondary N) is 2. The summed E-state index contributed by atoms with van der Waals surface area (Å²) in [4.78, 5) is 10.9. The molecule has 0 amide bonds. The van der Waals surface area contributed by atoms with Gasteiger partial charge in [-0.15, -0.1) is 0 Å². The van der Waals surface area contributed by atoms with Gasteiger partial charge >= 0.3 is 0 Å². The molecule has 2 atom stereocenters. The maximum absolute atomic E-state index is 5.45. The van der Waals surface area contributed by atoms with Crippen LogP contribution in [0.4, 0.5) is 11.6 Å². The molecule has 0 bridgehead atoms. The van der Waals surface area contributed by atoms with Crippen LogP contribution in [0, 0.1) is 0 Å². The summed E-state index contributed by atoms with van der Waals surface area (Å²) in [5, 5.41) is 3.52. The van der Waals surface area contributed by atoms with E-state index < -0.39 is 0 Å². The summed E-state index contributed by atoms with van der Waals surface area (Å²) in [5.74, 6) is 7.25. The minimum atomic E-state index is 0.421. The van der Waals surface area contributed by atoms with E-state index in [9.17, 15) is 0 Å². The van der Waals surface area contributed by atoms with Gasteiger partial charge in [-0.3, -0.25) is 4.90 Å². The van der Waals surface area contributed by atoms with E-state index in [-0.39, 0.29) is 0 Å². The predicted octanol–water partition coefficient (Wildman–Crippen LogP) is 0.809. The van der Waals surface area contributed by atoms with Crippen molar-refractivity contribution >= 4 is 11.6 Å². The van der Waals surface area contributed by atoms with Gasteiger partial charge in [-0.2, -0.15) is 0 Å². The van der Waals surface area contributed by atoms with Crippen LogP contribution in [0.1, 0.15) is 25.7 Å². The highest BCUT2D eigenvalue weighted by Crippen LogP contribution is 2.33. The number of rotatable bonds is 4. The number of piperidine rings is 1. The Morgan fingerprint density at radius 3 is 2.90 bits per heavy atom. The summed E-state index contributed by atoms with van der Waals surface area (Å²) in [6.45, 7) is 2.39. The van der Waals surface area contributed by atoms with Gasteiger partial charge in [0.25, 0.3) is 0 Å². The number of nitrogens with zero attached hydrogens (tertiary/aromatic N) is 3. The van der Waals surface area contributed by atoms with E-state index in [1.807, 2.05) is 0 Å². The van der Waals surface area contributed by atoms with Crippen molar-refractivity contribution in [2.24, 2.45) is 5.84 Å². The number of nitrogen functional groups attached to an aromatic ring is 1. The third kappa shape index (κ3) is 2.38. The molecule has 0 aromatic carbocycles. The predicted molar refractivity (Wildman–Crippen MR) is 77.6 cm³/mol. The fourth-order valence-electron chi connectivity index (χ4n) is 3.36. The van der Waals surface area contributed by atoms with Crippen molar-refractivity contribution in [3.05, 3.63) is 6.33 Å². The van der Waals surface area contributed by atoms with Crippen molar-refractivity contribution < 1.29 is 4.74 Å². The molecule has 3 heterocycles. The van der Waals surface area contributed by atoms with E-state index in [0.717, 1.165) is 13.0 Å². The minimum Gasteiger partial charge on any atom is -0.490 e. The lowest BCUT2D eigenvalue weighted by Crippen LogP contribution is -2.41. The van der Waals surface area contributed by atoms with E-state index >= 15 is 0 Å². The van der Waals surface area contributed by atoms with Gasteiger partial charge in [0.2, 0.25) is 5.75 Å². The topological polar surface area (TPSA) is 88.3 Å². The molecule has 1 aromatic rings. The number of ether oxygens (including phenoxy) is 1. The van der Waals surface area contributed by atoms with E-state index in [4.69, 9.17) is 10.6 Å². The summed E-state index contributed by atoms with van der Waals surface area (Å²) in [6, 6.07) is 1.03. The highest BCUT2D eigenvalue weighted by Gasteiger charge is 2.36. The number of methoxy groups -OCH3 is 1. The maximum atomic E-state index is 5.45. The lowest BCUT2D eigenvalue weighted by molar-refractivity contribution is 0.192. The van der Waals surface area contributed by atoms with Gasteiger partial charge in [-0.05, 0) is 25.8 Å². The van der Waals surface area contributed by atoms with Crippen LogP contribution < -0.4 is 21.3 Å². The number of fused-ring (bicyclic) bond motifs is 1. The zero-order chi connectivity index (χ0) is 13.9. The van der Waals surface area contributed by atoms with E-state index in [1.54, 1.807) is 7.11 Å². The summed E-state index contributed by atoms with van der Waals surface area (Å²) in [7, 11) is 1.60. The van der Waals surface area contributed by atoms with Crippen molar-refractivity contribution in [1.82, 2.24) is 14.9 Å². The van der Waals surface area contributed by atoms with Crippen molar-refractivity contribution in [1.29, 1.82) is 0 Å². The third-order valence-electron chi connectivity index (χ3n) is 4.32. The number of hydrogen-bond donors (Lipinski definition) is 3. The van der Waals surface area contributed by atoms with Gasteiger partial charge in [0.15, 0.2) is 11.6 Å². The highest BCUT2D eigenvalue weighted by atomic mass is 16.5. The summed E-state index contributed by atoms with van der Waals surface area (Å²) < 4.78 is 5.37. The van der Waals surface area contributed by atoms with Crippen LogP contribution in [-0.2, 0) is 0 Å². The fraction of sp³-hybridized carbons (Fsp3) is 0.692. The summed E-state index contributed by atoms with van der Waals surface area (Å²) >= 11 is 0. The Morgan fingerprint density at radius 1 is 1.25 bits per heavy atom. The molecule has 0 aliphatic carbocycles. The largest absolute Gasteiger partial charge is 0.490 e. The van der Waals surface area contributed by atoms with E-state index in [2.05, 4.69) is 25.6 Å². The van der Waals surface area contributed by atoms with Gasteiger partial charge in [0.1, 0.15) is 6.33 Å². The minimum absolute atomic E-state index is 0.421. The molecule has 7 heteroatoms. The Kier molecular flexibility index (Phi) is 3.88. The molecule has 1 aromatic heterocycles. The molecule has 3 rings (SSSR count). The molecule has 2 saturated heterocycles. The molecule has 0 spiro atoms. The molecule has 4 N–H and O–H groups in total. The maximum Gasteiger partial charge on any atom is 0.205 e. The molecule has 110 valence electrons. The number of aromatic nitrogens is 2. The molecular weight excluding hydrogens is 256 g/mol. The third-order valence-corrected chi connectivity index (χ3v) is 4.32. The first-order valence-corrected chi connectivity index (χ1v) is 7.19. The van der Waals surface area contributed by atoms with Crippen LogP contribution >= 0.6 is 0 Å². The molecule has 2 unspecified atom stereocenters. The molecule has 0 radical (unpaired) electrons. The van der Waals surface area contributed by atoms with Crippen LogP contribution in [0.25, 0.3) is 0 Å². The van der Waals surface area contributed by atoms with E-state index in [1.165, 1.54) is 32.1 Å². The average molecular weight is 278 g/mol. The molecule has 2 fully saturated rings. The van der Waals surface area contributed by atoms with E-state index in [0.29, 0.717) is 29.5 Å². The van der Waals surface area contributed by atoms with Gasteiger partial charge in [-0.1, -0.05) is 6.42 Å². The second-order valence-electron chi connectivity index (χ2n) is 5.39. The monoisotopic (exact) mass is 278 g/mol. The Labute approximate surface area is 118 Å². The number of anilines is 2. The number of hydrazine groups is 1. The lowest BCUT2D eigenvalue weighted by atomic mass is 9.99. The molecule has 7 nitrogen and oxygen atoms in total. The summed E-state index contributed by atoms with van der Waals surface area (Å²) in [6.07, 6.45) is 6.53. The summed E-state index contributed by atoms with van der Waals surface area (Å²) in [5.41, 5.74) is 2.54. The van der Waals surface area contributed by atoms with Gasteiger partial charge < -0.3 is 15.5 Å². The van der Waals surface area contributed by atoms with Crippen LogP contribution in [-0.4, -0.2) is 47.2 Å². The van der Waals surface area contributed by atoms with Gasteiger partial charge in [0.05, 0.1) is 7.11 Å². The first-order chi connectivity index (χ1) is 9.83. The zero-order valence-electron chi connectivity index (χ0n) is 11.8. The standard InChI is InChI=1S/C13H22N6O/c1-20-11-12(15-8-16-13(11)18-14)17-9-5-7-19-6-3-2-4-10(9)19/h8-10H,2-7,14H2,1H3,(H2,15,16,17,18). The van der Waals surface area contributed by atoms with Gasteiger partial charge in [0, 0.05) is 18.6 Å². The Balaban J connectivity index is 1.77. The van der Waals surface area contributed by atoms with Crippen LogP contribution in [0.15, 0.2) is 6.33 Å². The van der Waals surface area contributed by atoms with Crippen LogP contribution in [0.3, 0.4) is 0 Å². The molecule has 2 aliphatic heterocycles. The molecule has 2 aliphatic rings. The highest BCUT2D eigenvalue weighted by molar-refractivity contribution is 5.63.